The number of carbonyl (C=O) groups is 3. The Hall–Kier alpha value is -2.80. The fourth-order valence-corrected chi connectivity index (χ4v) is 3.86. The van der Waals surface area contributed by atoms with E-state index in [9.17, 15) is 14.4 Å². The van der Waals surface area contributed by atoms with Crippen molar-refractivity contribution in [2.75, 3.05) is 22.5 Å². The Morgan fingerprint density at radius 2 is 2.00 bits per heavy atom. The van der Waals surface area contributed by atoms with Crippen molar-refractivity contribution in [1.29, 1.82) is 0 Å². The molecule has 140 valence electrons. The molecule has 2 aromatic carbocycles. The van der Waals surface area contributed by atoms with Gasteiger partial charge in [-0.2, -0.15) is 0 Å². The highest BCUT2D eigenvalue weighted by molar-refractivity contribution is 8.00. The molecule has 2 aromatic rings. The quantitative estimate of drug-likeness (QED) is 0.750. The van der Waals surface area contributed by atoms with E-state index < -0.39 is 5.91 Å². The summed E-state index contributed by atoms with van der Waals surface area (Å²) in [5.41, 5.74) is 8.15. The van der Waals surface area contributed by atoms with Gasteiger partial charge < -0.3 is 16.0 Å². The second-order valence-corrected chi connectivity index (χ2v) is 7.37. The van der Waals surface area contributed by atoms with Crippen molar-refractivity contribution in [3.8, 4) is 0 Å². The van der Waals surface area contributed by atoms with Crippen LogP contribution in [-0.2, 0) is 9.59 Å². The van der Waals surface area contributed by atoms with Crippen LogP contribution in [0.15, 0.2) is 47.4 Å². The summed E-state index contributed by atoms with van der Waals surface area (Å²) in [4.78, 5) is 38.1. The number of aryl methyl sites for hydroxylation is 1. The molecule has 1 heterocycles. The van der Waals surface area contributed by atoms with E-state index in [4.69, 9.17) is 5.73 Å². The predicted molar refractivity (Wildman–Crippen MR) is 107 cm³/mol. The van der Waals surface area contributed by atoms with Crippen molar-refractivity contribution >= 4 is 40.9 Å². The van der Waals surface area contributed by atoms with Crippen LogP contribution in [0, 0.1) is 6.92 Å². The lowest BCUT2D eigenvalue weighted by molar-refractivity contribution is -0.117. The molecule has 6 nitrogen and oxygen atoms in total. The first-order valence-electron chi connectivity index (χ1n) is 8.68. The molecule has 1 aliphatic rings. The summed E-state index contributed by atoms with van der Waals surface area (Å²) in [6.45, 7) is 2.66. The minimum absolute atomic E-state index is 0.113. The second kappa shape index (κ2) is 8.26. The van der Waals surface area contributed by atoms with Gasteiger partial charge in [-0.15, -0.1) is 11.8 Å². The minimum Gasteiger partial charge on any atom is -0.369 e. The Labute approximate surface area is 162 Å². The predicted octanol–water partition coefficient (Wildman–Crippen LogP) is 2.95. The third kappa shape index (κ3) is 4.49. The smallest absolute Gasteiger partial charge is 0.256 e. The van der Waals surface area contributed by atoms with E-state index in [1.165, 1.54) is 11.8 Å². The Balaban J connectivity index is 1.76. The summed E-state index contributed by atoms with van der Waals surface area (Å²) in [5, 5.41) is 2.88. The van der Waals surface area contributed by atoms with Crippen LogP contribution in [0.2, 0.25) is 0 Å². The number of nitrogens with zero attached hydrogens (tertiary/aromatic N) is 1. The van der Waals surface area contributed by atoms with Crippen LogP contribution >= 0.6 is 11.8 Å². The molecule has 0 spiro atoms. The zero-order valence-corrected chi connectivity index (χ0v) is 15.8. The Morgan fingerprint density at radius 3 is 2.67 bits per heavy atom. The van der Waals surface area contributed by atoms with Gasteiger partial charge in [-0.3, -0.25) is 14.4 Å². The van der Waals surface area contributed by atoms with Gasteiger partial charge in [0.15, 0.2) is 0 Å². The topological polar surface area (TPSA) is 92.5 Å². The van der Waals surface area contributed by atoms with Gasteiger partial charge in [0.2, 0.25) is 11.8 Å². The van der Waals surface area contributed by atoms with Gasteiger partial charge in [-0.25, -0.2) is 0 Å². The average molecular weight is 383 g/mol. The van der Waals surface area contributed by atoms with E-state index in [0.29, 0.717) is 22.6 Å². The Morgan fingerprint density at radius 1 is 1.22 bits per heavy atom. The van der Waals surface area contributed by atoms with Gasteiger partial charge >= 0.3 is 0 Å². The third-order valence-electron chi connectivity index (χ3n) is 4.32. The summed E-state index contributed by atoms with van der Waals surface area (Å²) in [7, 11) is 0. The lowest BCUT2D eigenvalue weighted by atomic mass is 10.1. The van der Waals surface area contributed by atoms with E-state index in [1.54, 1.807) is 29.2 Å². The summed E-state index contributed by atoms with van der Waals surface area (Å²) in [5.74, 6) is -0.442. The molecule has 1 fully saturated rings. The number of hydrogen-bond donors (Lipinski definition) is 2. The summed E-state index contributed by atoms with van der Waals surface area (Å²) in [6, 6.07) is 12.6. The second-order valence-electron chi connectivity index (χ2n) is 6.36. The van der Waals surface area contributed by atoms with E-state index in [-0.39, 0.29) is 17.6 Å². The number of nitrogens with one attached hydrogen (secondary N) is 1. The summed E-state index contributed by atoms with van der Waals surface area (Å²) >= 11 is 1.24. The maximum atomic E-state index is 12.7. The molecular formula is C20H21N3O3S. The summed E-state index contributed by atoms with van der Waals surface area (Å²) in [6.07, 6.45) is 1.45. The standard InChI is InChI=1S/C20H21N3O3S/c1-13-11-14(8-9-16(13)23-10-4-7-19(23)25)22-20(26)15-5-2-3-6-17(15)27-12-18(21)24/h2-3,5-6,8-9,11H,4,7,10,12H2,1H3,(H2,21,24)(H,22,26). The van der Waals surface area contributed by atoms with Crippen molar-refractivity contribution in [3.05, 3.63) is 53.6 Å². The fraction of sp³-hybridized carbons (Fsp3) is 0.250. The highest BCUT2D eigenvalue weighted by atomic mass is 32.2. The molecule has 3 N–H and O–H groups in total. The van der Waals surface area contributed by atoms with Crippen LogP contribution in [0.1, 0.15) is 28.8 Å². The number of carbonyl (C=O) groups excluding carboxylic acids is 3. The molecule has 0 unspecified atom stereocenters. The number of benzene rings is 2. The van der Waals surface area contributed by atoms with Crippen LogP contribution in [-0.4, -0.2) is 30.0 Å². The van der Waals surface area contributed by atoms with Gasteiger partial charge in [0.25, 0.3) is 5.91 Å². The normalized spacial score (nSPS) is 13.7. The van der Waals surface area contributed by atoms with E-state index >= 15 is 0 Å². The van der Waals surface area contributed by atoms with Crippen molar-refractivity contribution in [2.45, 2.75) is 24.7 Å². The molecule has 27 heavy (non-hydrogen) atoms. The molecule has 0 saturated carbocycles. The van der Waals surface area contributed by atoms with Crippen molar-refractivity contribution in [2.24, 2.45) is 5.73 Å². The van der Waals surface area contributed by atoms with Crippen LogP contribution < -0.4 is 16.0 Å². The minimum atomic E-state index is -0.433. The summed E-state index contributed by atoms with van der Waals surface area (Å²) < 4.78 is 0. The molecule has 0 radical (unpaired) electrons. The number of nitrogens with two attached hydrogens (primary N) is 1. The molecule has 0 aromatic heterocycles. The highest BCUT2D eigenvalue weighted by Crippen LogP contribution is 2.28. The van der Waals surface area contributed by atoms with Crippen molar-refractivity contribution < 1.29 is 14.4 Å². The molecule has 0 aliphatic carbocycles. The molecule has 3 amide bonds. The first-order chi connectivity index (χ1) is 13.0. The van der Waals surface area contributed by atoms with Crippen LogP contribution in [0.25, 0.3) is 0 Å². The Kier molecular flexibility index (Phi) is 5.81. The molecular weight excluding hydrogens is 362 g/mol. The zero-order valence-electron chi connectivity index (χ0n) is 15.0. The van der Waals surface area contributed by atoms with E-state index in [1.807, 2.05) is 25.1 Å². The Bertz CT molecular complexity index is 898. The van der Waals surface area contributed by atoms with Gasteiger partial charge in [-0.1, -0.05) is 12.1 Å². The number of amides is 3. The number of hydrogen-bond acceptors (Lipinski definition) is 4. The number of anilines is 2. The lowest BCUT2D eigenvalue weighted by Crippen LogP contribution is -2.24. The molecule has 0 bridgehead atoms. The average Bonchev–Trinajstić information content (AvgIpc) is 3.06. The van der Waals surface area contributed by atoms with Crippen LogP contribution in [0.3, 0.4) is 0 Å². The van der Waals surface area contributed by atoms with Crippen LogP contribution in [0.4, 0.5) is 11.4 Å². The molecule has 1 aliphatic heterocycles. The molecule has 0 atom stereocenters. The van der Waals surface area contributed by atoms with E-state index in [0.717, 1.165) is 24.2 Å². The van der Waals surface area contributed by atoms with Crippen molar-refractivity contribution in [3.63, 3.8) is 0 Å². The lowest BCUT2D eigenvalue weighted by Gasteiger charge is -2.19. The third-order valence-corrected chi connectivity index (χ3v) is 5.42. The SMILES string of the molecule is Cc1cc(NC(=O)c2ccccc2SCC(N)=O)ccc1N1CCCC1=O. The van der Waals surface area contributed by atoms with Gasteiger partial charge in [-0.05, 0) is 49.2 Å². The van der Waals surface area contributed by atoms with Crippen LogP contribution in [0.5, 0.6) is 0 Å². The van der Waals surface area contributed by atoms with Gasteiger partial charge in [0, 0.05) is 29.2 Å². The molecule has 7 heteroatoms. The molecule has 1 saturated heterocycles. The first-order valence-corrected chi connectivity index (χ1v) is 9.67. The monoisotopic (exact) mass is 383 g/mol. The number of thioether (sulfide) groups is 1. The maximum absolute atomic E-state index is 12.7. The van der Waals surface area contributed by atoms with Crippen molar-refractivity contribution in [1.82, 2.24) is 0 Å². The van der Waals surface area contributed by atoms with Gasteiger partial charge in [0.05, 0.1) is 11.3 Å². The largest absolute Gasteiger partial charge is 0.369 e. The fourth-order valence-electron chi connectivity index (χ4n) is 3.07. The number of rotatable bonds is 6. The van der Waals surface area contributed by atoms with Gasteiger partial charge in [0.1, 0.15) is 0 Å². The maximum Gasteiger partial charge on any atom is 0.256 e. The highest BCUT2D eigenvalue weighted by Gasteiger charge is 2.23. The number of primary amides is 1. The first kappa shape index (κ1) is 19.0. The zero-order chi connectivity index (χ0) is 19.4. The molecule has 3 rings (SSSR count). The van der Waals surface area contributed by atoms with E-state index in [2.05, 4.69) is 5.32 Å².